The number of carbonyl (C=O) groups is 3. The Kier molecular flexibility index (Phi) is 7.44. The maximum Gasteiger partial charge on any atom is 0.414 e. The summed E-state index contributed by atoms with van der Waals surface area (Å²) >= 11 is 0. The van der Waals surface area contributed by atoms with Gasteiger partial charge in [-0.25, -0.2) is 14.4 Å². The highest BCUT2D eigenvalue weighted by atomic mass is 16.4. The second kappa shape index (κ2) is 8.34. The smallest absolute Gasteiger partial charge is 0.414 e. The molecule has 8 nitrogen and oxygen atoms in total. The molecule has 0 aromatic heterocycles. The van der Waals surface area contributed by atoms with Gasteiger partial charge in [-0.1, -0.05) is 0 Å². The molecule has 0 bridgehead atoms. The van der Waals surface area contributed by atoms with E-state index < -0.39 is 18.0 Å². The highest BCUT2D eigenvalue weighted by Crippen LogP contribution is 2.07. The second-order valence-electron chi connectivity index (χ2n) is 3.51. The molecule has 1 rings (SSSR count). The fraction of sp³-hybridized carbons (Fsp3) is 0.667. The SMILES string of the molecule is O=C(O)C(=O)O.O=C(O)NC[C@@H]1CCCNC1. The minimum absolute atomic E-state index is 0.486. The third-order valence-corrected chi connectivity index (χ3v) is 2.12. The van der Waals surface area contributed by atoms with Crippen molar-refractivity contribution in [1.82, 2.24) is 10.6 Å². The number of piperidine rings is 1. The van der Waals surface area contributed by atoms with Crippen LogP contribution in [0.25, 0.3) is 0 Å². The lowest BCUT2D eigenvalue weighted by atomic mass is 10.00. The maximum atomic E-state index is 10.1. The summed E-state index contributed by atoms with van der Waals surface area (Å²) in [7, 11) is 0. The molecule has 0 aromatic rings. The van der Waals surface area contributed by atoms with E-state index in [0.717, 1.165) is 25.9 Å². The van der Waals surface area contributed by atoms with Crippen LogP contribution in [0, 0.1) is 5.92 Å². The van der Waals surface area contributed by atoms with Crippen LogP contribution in [-0.2, 0) is 9.59 Å². The average Bonchev–Trinajstić information content (AvgIpc) is 2.28. The van der Waals surface area contributed by atoms with E-state index >= 15 is 0 Å². The van der Waals surface area contributed by atoms with Crippen molar-refractivity contribution < 1.29 is 29.7 Å². The third kappa shape index (κ3) is 9.12. The Morgan fingerprint density at radius 1 is 1.18 bits per heavy atom. The zero-order valence-electron chi connectivity index (χ0n) is 9.18. The van der Waals surface area contributed by atoms with E-state index in [9.17, 15) is 4.79 Å². The summed E-state index contributed by atoms with van der Waals surface area (Å²) in [5.74, 6) is -3.16. The molecule has 0 aromatic carbocycles. The number of hydrogen-bond acceptors (Lipinski definition) is 4. The number of amides is 1. The molecule has 0 unspecified atom stereocenters. The Balaban J connectivity index is 0.000000366. The standard InChI is InChI=1S/C7H14N2O2.C2H2O4/c10-7(11)9-5-6-2-1-3-8-4-6;3-1(4)2(5)6/h6,8-9H,1-5H2,(H,10,11);(H,3,4)(H,5,6)/t6-;/m1./s1. The molecule has 0 saturated carbocycles. The van der Waals surface area contributed by atoms with Gasteiger partial charge >= 0.3 is 18.0 Å². The molecule has 1 atom stereocenters. The van der Waals surface area contributed by atoms with Gasteiger partial charge in [0.05, 0.1) is 0 Å². The molecule has 1 aliphatic heterocycles. The second-order valence-corrected chi connectivity index (χ2v) is 3.51. The van der Waals surface area contributed by atoms with Crippen molar-refractivity contribution in [2.75, 3.05) is 19.6 Å². The van der Waals surface area contributed by atoms with Crippen LogP contribution in [0.2, 0.25) is 0 Å². The highest BCUT2D eigenvalue weighted by molar-refractivity contribution is 6.27. The van der Waals surface area contributed by atoms with Crippen molar-refractivity contribution in [3.05, 3.63) is 0 Å². The van der Waals surface area contributed by atoms with E-state index in [4.69, 9.17) is 24.9 Å². The van der Waals surface area contributed by atoms with Crippen molar-refractivity contribution in [2.45, 2.75) is 12.8 Å². The first kappa shape index (κ1) is 15.2. The van der Waals surface area contributed by atoms with Gasteiger partial charge in [0.15, 0.2) is 0 Å². The summed E-state index contributed by atoms with van der Waals surface area (Å²) in [6, 6.07) is 0. The summed E-state index contributed by atoms with van der Waals surface area (Å²) < 4.78 is 0. The number of carboxylic acid groups (broad SMARTS) is 3. The van der Waals surface area contributed by atoms with Gasteiger partial charge in [-0.15, -0.1) is 0 Å². The summed E-state index contributed by atoms with van der Waals surface area (Å²) in [6.07, 6.45) is 1.37. The Morgan fingerprint density at radius 2 is 1.76 bits per heavy atom. The van der Waals surface area contributed by atoms with Crippen molar-refractivity contribution >= 4 is 18.0 Å². The lowest BCUT2D eigenvalue weighted by Crippen LogP contribution is -2.37. The van der Waals surface area contributed by atoms with E-state index in [1.54, 1.807) is 0 Å². The van der Waals surface area contributed by atoms with Crippen LogP contribution in [0.15, 0.2) is 0 Å². The van der Waals surface area contributed by atoms with Gasteiger partial charge in [-0.2, -0.15) is 0 Å². The van der Waals surface area contributed by atoms with E-state index in [1.807, 2.05) is 0 Å². The topological polar surface area (TPSA) is 136 Å². The van der Waals surface area contributed by atoms with Crippen molar-refractivity contribution in [2.24, 2.45) is 5.92 Å². The zero-order valence-corrected chi connectivity index (χ0v) is 9.18. The van der Waals surface area contributed by atoms with Gasteiger partial charge in [0.2, 0.25) is 0 Å². The number of aliphatic carboxylic acids is 2. The molecule has 0 spiro atoms. The Hall–Kier alpha value is -1.83. The van der Waals surface area contributed by atoms with E-state index in [1.165, 1.54) is 0 Å². The summed E-state index contributed by atoms with van der Waals surface area (Å²) in [4.78, 5) is 28.3. The molecule has 1 aliphatic rings. The van der Waals surface area contributed by atoms with Crippen molar-refractivity contribution in [3.63, 3.8) is 0 Å². The van der Waals surface area contributed by atoms with Crippen LogP contribution in [0.3, 0.4) is 0 Å². The molecule has 1 saturated heterocycles. The van der Waals surface area contributed by atoms with Gasteiger partial charge in [-0.3, -0.25) is 0 Å². The Morgan fingerprint density at radius 3 is 2.12 bits per heavy atom. The molecule has 1 fully saturated rings. The molecule has 8 heteroatoms. The monoisotopic (exact) mass is 248 g/mol. The summed E-state index contributed by atoms with van der Waals surface area (Å²) in [6.45, 7) is 2.60. The van der Waals surface area contributed by atoms with Gasteiger partial charge in [-0.05, 0) is 31.8 Å². The molecular weight excluding hydrogens is 232 g/mol. The largest absolute Gasteiger partial charge is 0.473 e. The van der Waals surface area contributed by atoms with Crippen LogP contribution in [0.5, 0.6) is 0 Å². The minimum atomic E-state index is -1.82. The highest BCUT2D eigenvalue weighted by Gasteiger charge is 2.12. The number of rotatable bonds is 2. The molecule has 5 N–H and O–H groups in total. The van der Waals surface area contributed by atoms with Crippen LogP contribution in [0.1, 0.15) is 12.8 Å². The Labute approximate surface area is 97.6 Å². The predicted octanol–water partition coefficient (Wildman–Crippen LogP) is -0.591. The molecule has 98 valence electrons. The van der Waals surface area contributed by atoms with Crippen LogP contribution < -0.4 is 10.6 Å². The molecule has 0 radical (unpaired) electrons. The summed E-state index contributed by atoms with van der Waals surface area (Å²) in [5, 5.41) is 28.7. The van der Waals surface area contributed by atoms with Gasteiger partial charge < -0.3 is 26.0 Å². The first-order chi connectivity index (χ1) is 7.93. The van der Waals surface area contributed by atoms with E-state index in [-0.39, 0.29) is 0 Å². The van der Waals surface area contributed by atoms with Gasteiger partial charge in [0, 0.05) is 6.54 Å². The molecular formula is C9H16N2O6. The zero-order chi connectivity index (χ0) is 13.3. The van der Waals surface area contributed by atoms with E-state index in [2.05, 4.69) is 10.6 Å². The third-order valence-electron chi connectivity index (χ3n) is 2.12. The van der Waals surface area contributed by atoms with Gasteiger partial charge in [0.25, 0.3) is 0 Å². The number of carboxylic acids is 2. The number of nitrogens with one attached hydrogen (secondary N) is 2. The van der Waals surface area contributed by atoms with Crippen LogP contribution in [0.4, 0.5) is 4.79 Å². The maximum absolute atomic E-state index is 10.1. The van der Waals surface area contributed by atoms with Crippen LogP contribution in [-0.4, -0.2) is 53.0 Å². The lowest BCUT2D eigenvalue weighted by molar-refractivity contribution is -0.159. The summed E-state index contributed by atoms with van der Waals surface area (Å²) in [5.41, 5.74) is 0. The molecule has 1 amide bonds. The lowest BCUT2D eigenvalue weighted by Gasteiger charge is -2.22. The fourth-order valence-corrected chi connectivity index (χ4v) is 1.33. The molecule has 0 aliphatic carbocycles. The minimum Gasteiger partial charge on any atom is -0.473 e. The van der Waals surface area contributed by atoms with Gasteiger partial charge in [0.1, 0.15) is 0 Å². The van der Waals surface area contributed by atoms with Crippen molar-refractivity contribution in [3.8, 4) is 0 Å². The van der Waals surface area contributed by atoms with Crippen LogP contribution >= 0.6 is 0 Å². The quantitative estimate of drug-likeness (QED) is 0.412. The first-order valence-electron chi connectivity index (χ1n) is 5.07. The fourth-order valence-electron chi connectivity index (χ4n) is 1.33. The van der Waals surface area contributed by atoms with Crippen molar-refractivity contribution in [1.29, 1.82) is 0 Å². The first-order valence-corrected chi connectivity index (χ1v) is 5.07. The Bertz CT molecular complexity index is 263. The number of hydrogen-bond donors (Lipinski definition) is 5. The average molecular weight is 248 g/mol. The normalized spacial score (nSPS) is 18.5. The predicted molar refractivity (Wildman–Crippen MR) is 56.9 cm³/mol. The van der Waals surface area contributed by atoms with E-state index in [0.29, 0.717) is 12.5 Å². The molecule has 17 heavy (non-hydrogen) atoms. The molecule has 1 heterocycles.